The maximum Gasteiger partial charge on any atom is 0.188 e. The lowest BCUT2D eigenvalue weighted by Crippen LogP contribution is -2.93. The minimum atomic E-state index is -3.08. The van der Waals surface area contributed by atoms with E-state index in [1.165, 1.54) is 63.4 Å². The van der Waals surface area contributed by atoms with Crippen LogP contribution in [0.1, 0.15) is 0 Å². The van der Waals surface area contributed by atoms with Gasteiger partial charge in [0.05, 0.1) is 0 Å². The molecule has 4 heteroatoms. The molecule has 2 aliphatic heterocycles. The zero-order valence-corrected chi connectivity index (χ0v) is 36.0. The summed E-state index contributed by atoms with van der Waals surface area (Å²) in [6.45, 7) is 0. The van der Waals surface area contributed by atoms with E-state index >= 15 is 0 Å². The maximum absolute atomic E-state index is 6.88. The Morgan fingerprint density at radius 2 is 0.774 bits per heavy atom. The van der Waals surface area contributed by atoms with Gasteiger partial charge in [0, 0.05) is 17.1 Å². The van der Waals surface area contributed by atoms with E-state index < -0.39 is 16.1 Å². The summed E-state index contributed by atoms with van der Waals surface area (Å²) in [5, 5.41) is 13.6. The van der Waals surface area contributed by atoms with E-state index in [0.29, 0.717) is 0 Å². The SMILES string of the molecule is c1ccc(N(c2ccc(-c3cccc4ccccc34)cc2)c2ccc3c(c2)[Si]2(c4ccccc4Oc4ccccc42)c2ccccc2[Si]3(c2ccccc2)c2ccccc2)cc1. The van der Waals surface area contributed by atoms with Crippen LogP contribution in [0.4, 0.5) is 17.1 Å². The molecule has 0 radical (unpaired) electrons. The Balaban J connectivity index is 1.18. The Morgan fingerprint density at radius 1 is 0.306 bits per heavy atom. The summed E-state index contributed by atoms with van der Waals surface area (Å²) in [4.78, 5) is 2.45. The number of ether oxygens (including phenoxy) is 1. The molecule has 0 saturated heterocycles. The van der Waals surface area contributed by atoms with Gasteiger partial charge in [-0.3, -0.25) is 0 Å². The third-order valence-electron chi connectivity index (χ3n) is 13.3. The summed E-state index contributed by atoms with van der Waals surface area (Å²) in [7, 11) is -6.02. The van der Waals surface area contributed by atoms with Gasteiger partial charge in [0.15, 0.2) is 16.1 Å². The van der Waals surface area contributed by atoms with Crippen molar-refractivity contribution in [2.24, 2.45) is 0 Å². The molecule has 2 heterocycles. The summed E-state index contributed by atoms with van der Waals surface area (Å²) in [5.41, 5.74) is 5.78. The molecule has 12 rings (SSSR count). The van der Waals surface area contributed by atoms with Crippen LogP contribution in [-0.4, -0.2) is 16.1 Å². The molecule has 0 aliphatic carbocycles. The summed E-state index contributed by atoms with van der Waals surface area (Å²) in [6, 6.07) is 92.6. The first kappa shape index (κ1) is 36.4. The topological polar surface area (TPSA) is 12.5 Å². The zero-order chi connectivity index (χ0) is 41.1. The number of benzene rings is 10. The molecule has 0 N–H and O–H groups in total. The smallest absolute Gasteiger partial charge is 0.188 e. The number of anilines is 3. The minimum absolute atomic E-state index is 0.946. The molecule has 10 aromatic carbocycles. The van der Waals surface area contributed by atoms with Gasteiger partial charge < -0.3 is 9.64 Å². The van der Waals surface area contributed by atoms with Crippen LogP contribution < -0.4 is 51.1 Å². The second-order valence-electron chi connectivity index (χ2n) is 16.3. The van der Waals surface area contributed by atoms with Crippen LogP contribution >= 0.6 is 0 Å². The summed E-state index contributed by atoms with van der Waals surface area (Å²) >= 11 is 0. The summed E-state index contributed by atoms with van der Waals surface area (Å²) in [6.07, 6.45) is 0. The number of hydrogen-bond donors (Lipinski definition) is 0. The summed E-state index contributed by atoms with van der Waals surface area (Å²) < 4.78 is 6.88. The standard InChI is InChI=1S/C58H41NOSi2/c1-4-21-44(22-5-1)59(45-37-35-43(36-38-45)50-28-18-20-42-19-10-11-27-49(42)50)46-39-40-57-58(41-46)62(53-31-14-12-29-51(53)60-52-30-13-15-32-54(52)62)56-34-17-16-33-55(56)61(57,47-23-6-2-7-24-47)48-25-8-3-9-26-48/h1-41H. The molecule has 0 aromatic heterocycles. The molecule has 62 heavy (non-hydrogen) atoms. The number of nitrogens with zero attached hydrogens (tertiary/aromatic N) is 1. The van der Waals surface area contributed by atoms with Crippen LogP contribution in [0, 0.1) is 0 Å². The average molecular weight is 824 g/mol. The number of rotatable bonds is 6. The maximum atomic E-state index is 6.88. The van der Waals surface area contributed by atoms with E-state index in [2.05, 4.69) is 254 Å². The quantitative estimate of drug-likeness (QED) is 0.155. The molecule has 0 amide bonds. The monoisotopic (exact) mass is 823 g/mol. The van der Waals surface area contributed by atoms with Crippen LogP contribution in [0.2, 0.25) is 0 Å². The Kier molecular flexibility index (Phi) is 8.56. The molecule has 1 spiro atoms. The van der Waals surface area contributed by atoms with E-state index in [1.807, 2.05) is 0 Å². The fourth-order valence-corrected chi connectivity index (χ4v) is 23.0. The Morgan fingerprint density at radius 3 is 1.42 bits per heavy atom. The van der Waals surface area contributed by atoms with Gasteiger partial charge in [0.1, 0.15) is 11.5 Å². The van der Waals surface area contributed by atoms with Gasteiger partial charge >= 0.3 is 0 Å². The average Bonchev–Trinajstić information content (AvgIpc) is 3.35. The van der Waals surface area contributed by atoms with Gasteiger partial charge in [-0.25, -0.2) is 0 Å². The number of hydrogen-bond acceptors (Lipinski definition) is 2. The van der Waals surface area contributed by atoms with Crippen molar-refractivity contribution >= 4 is 85.5 Å². The first-order valence-corrected chi connectivity index (χ1v) is 25.4. The van der Waals surface area contributed by atoms with Crippen molar-refractivity contribution in [3.63, 3.8) is 0 Å². The second kappa shape index (κ2) is 14.6. The van der Waals surface area contributed by atoms with Crippen molar-refractivity contribution in [1.29, 1.82) is 0 Å². The van der Waals surface area contributed by atoms with E-state index in [1.54, 1.807) is 0 Å². The third kappa shape index (κ3) is 5.34. The first-order chi connectivity index (χ1) is 30.8. The van der Waals surface area contributed by atoms with Crippen LogP contribution in [0.15, 0.2) is 249 Å². The van der Waals surface area contributed by atoms with Crippen LogP contribution in [0.25, 0.3) is 21.9 Å². The van der Waals surface area contributed by atoms with E-state index in [0.717, 1.165) is 28.6 Å². The van der Waals surface area contributed by atoms with Crippen molar-refractivity contribution in [2.45, 2.75) is 0 Å². The van der Waals surface area contributed by atoms with Crippen molar-refractivity contribution in [3.8, 4) is 22.6 Å². The molecule has 10 aromatic rings. The minimum Gasteiger partial charge on any atom is -0.458 e. The highest BCUT2D eigenvalue weighted by atomic mass is 28.3. The second-order valence-corrected chi connectivity index (χ2v) is 23.7. The molecule has 0 saturated carbocycles. The summed E-state index contributed by atoms with van der Waals surface area (Å²) in [5.74, 6) is 1.89. The van der Waals surface area contributed by atoms with Gasteiger partial charge in [0.2, 0.25) is 0 Å². The molecule has 0 fully saturated rings. The molecular weight excluding hydrogens is 783 g/mol. The molecule has 0 atom stereocenters. The highest BCUT2D eigenvalue weighted by Gasteiger charge is 2.59. The fraction of sp³-hybridized carbons (Fsp3) is 0. The first-order valence-electron chi connectivity index (χ1n) is 21.4. The molecular formula is C58H41NOSi2. The number of para-hydroxylation sites is 3. The molecule has 2 aliphatic rings. The Hall–Kier alpha value is -7.51. The Labute approximate surface area is 364 Å². The number of fused-ring (bicyclic) bond motifs is 9. The van der Waals surface area contributed by atoms with Gasteiger partial charge in [-0.2, -0.15) is 0 Å². The van der Waals surface area contributed by atoms with Crippen molar-refractivity contribution in [2.75, 3.05) is 4.90 Å². The van der Waals surface area contributed by atoms with Crippen molar-refractivity contribution in [3.05, 3.63) is 249 Å². The van der Waals surface area contributed by atoms with Gasteiger partial charge in [-0.1, -0.05) is 200 Å². The van der Waals surface area contributed by atoms with Crippen LogP contribution in [0.3, 0.4) is 0 Å². The van der Waals surface area contributed by atoms with Gasteiger partial charge in [-0.15, -0.1) is 0 Å². The molecule has 0 unspecified atom stereocenters. The lowest BCUT2D eigenvalue weighted by atomic mass is 9.98. The van der Waals surface area contributed by atoms with Crippen molar-refractivity contribution < 1.29 is 4.74 Å². The Bertz CT molecular complexity index is 3190. The largest absolute Gasteiger partial charge is 0.458 e. The normalized spacial score (nSPS) is 13.9. The predicted molar refractivity (Wildman–Crippen MR) is 265 cm³/mol. The zero-order valence-electron chi connectivity index (χ0n) is 34.0. The van der Waals surface area contributed by atoms with E-state index in [9.17, 15) is 0 Å². The van der Waals surface area contributed by atoms with Gasteiger partial charge in [0.25, 0.3) is 0 Å². The van der Waals surface area contributed by atoms with E-state index in [4.69, 9.17) is 4.74 Å². The lowest BCUT2D eigenvalue weighted by molar-refractivity contribution is 0.487. The highest BCUT2D eigenvalue weighted by molar-refractivity contribution is 7.33. The van der Waals surface area contributed by atoms with Crippen LogP contribution in [-0.2, 0) is 0 Å². The fourth-order valence-electron chi connectivity index (χ4n) is 10.8. The lowest BCUT2D eigenvalue weighted by Gasteiger charge is -2.50. The van der Waals surface area contributed by atoms with Gasteiger partial charge in [-0.05, 0) is 112 Å². The molecule has 0 bridgehead atoms. The van der Waals surface area contributed by atoms with Crippen LogP contribution in [0.5, 0.6) is 11.5 Å². The van der Waals surface area contributed by atoms with Crippen molar-refractivity contribution in [1.82, 2.24) is 0 Å². The predicted octanol–water partition coefficient (Wildman–Crippen LogP) is 9.15. The molecule has 292 valence electrons. The highest BCUT2D eigenvalue weighted by Crippen LogP contribution is 2.38. The molecule has 2 nitrogen and oxygen atoms in total. The van der Waals surface area contributed by atoms with E-state index in [-0.39, 0.29) is 0 Å². The third-order valence-corrected chi connectivity index (χ3v) is 23.6.